The van der Waals surface area contributed by atoms with Gasteiger partial charge in [0.2, 0.25) is 0 Å². The summed E-state index contributed by atoms with van der Waals surface area (Å²) in [5.41, 5.74) is 4.30. The largest absolute Gasteiger partial charge is 0.345 e. The van der Waals surface area contributed by atoms with Gasteiger partial charge in [-0.25, -0.2) is 0 Å². The molecule has 1 amide bonds. The summed E-state index contributed by atoms with van der Waals surface area (Å²) >= 11 is 0. The van der Waals surface area contributed by atoms with Crippen LogP contribution in [0.1, 0.15) is 60.0 Å². The van der Waals surface area contributed by atoms with E-state index in [0.717, 1.165) is 16.7 Å². The van der Waals surface area contributed by atoms with E-state index in [1.165, 1.54) is 0 Å². The molecule has 29 heavy (non-hydrogen) atoms. The molecule has 0 aliphatic rings. The van der Waals surface area contributed by atoms with Gasteiger partial charge >= 0.3 is 0 Å². The molecule has 0 radical (unpaired) electrons. The number of ketones is 1. The number of rotatable bonds is 5. The van der Waals surface area contributed by atoms with E-state index in [0.29, 0.717) is 11.1 Å². The van der Waals surface area contributed by atoms with Gasteiger partial charge in [0, 0.05) is 11.1 Å². The third-order valence-corrected chi connectivity index (χ3v) is 5.05. The predicted molar refractivity (Wildman–Crippen MR) is 118 cm³/mol. The highest BCUT2D eigenvalue weighted by atomic mass is 16.1. The van der Waals surface area contributed by atoms with Crippen LogP contribution in [0.15, 0.2) is 78.9 Å². The Morgan fingerprint density at radius 2 is 1.24 bits per heavy atom. The van der Waals surface area contributed by atoms with E-state index in [1.54, 1.807) is 6.92 Å². The highest BCUT2D eigenvalue weighted by molar-refractivity contribution is 5.95. The van der Waals surface area contributed by atoms with Gasteiger partial charge in [-0.1, -0.05) is 87.5 Å². The van der Waals surface area contributed by atoms with Gasteiger partial charge in [-0.15, -0.1) is 0 Å². The van der Waals surface area contributed by atoms with Crippen molar-refractivity contribution >= 4 is 11.7 Å². The fourth-order valence-electron chi connectivity index (χ4n) is 3.37. The second kappa shape index (κ2) is 8.44. The summed E-state index contributed by atoms with van der Waals surface area (Å²) in [6.07, 6.45) is 0. The van der Waals surface area contributed by atoms with Gasteiger partial charge in [0.25, 0.3) is 5.91 Å². The normalized spacial score (nSPS) is 12.3. The molecule has 0 aromatic heterocycles. The first-order valence-corrected chi connectivity index (χ1v) is 9.83. The lowest BCUT2D eigenvalue weighted by atomic mass is 9.82. The van der Waals surface area contributed by atoms with Crippen LogP contribution in [-0.4, -0.2) is 11.7 Å². The van der Waals surface area contributed by atoms with E-state index in [1.807, 2.05) is 66.7 Å². The predicted octanol–water partition coefficient (Wildman–Crippen LogP) is 6.07. The summed E-state index contributed by atoms with van der Waals surface area (Å²) in [6, 6.07) is 25.0. The number of hydrogen-bond donors (Lipinski definition) is 1. The Labute approximate surface area is 172 Å². The molecule has 0 bridgehead atoms. The van der Waals surface area contributed by atoms with Crippen LogP contribution in [0.2, 0.25) is 0 Å². The number of benzene rings is 3. The lowest BCUT2D eigenvalue weighted by molar-refractivity contribution is 0.0901. The molecule has 148 valence electrons. The molecule has 0 saturated carbocycles. The zero-order chi connectivity index (χ0) is 21.0. The van der Waals surface area contributed by atoms with E-state index in [-0.39, 0.29) is 23.1 Å². The molecule has 0 spiro atoms. The number of hydrogen-bond acceptors (Lipinski definition) is 2. The first-order valence-electron chi connectivity index (χ1n) is 9.83. The molecular formula is C26H27NO2. The van der Waals surface area contributed by atoms with Gasteiger partial charge in [0.05, 0.1) is 6.04 Å². The maximum atomic E-state index is 12.9. The Kier molecular flexibility index (Phi) is 5.97. The summed E-state index contributed by atoms with van der Waals surface area (Å²) in [5, 5.41) is 3.17. The molecule has 1 N–H and O–H groups in total. The monoisotopic (exact) mass is 385 g/mol. The lowest BCUT2D eigenvalue weighted by Crippen LogP contribution is -2.36. The topological polar surface area (TPSA) is 46.2 Å². The number of carbonyl (C=O) groups excluding carboxylic acids is 2. The van der Waals surface area contributed by atoms with E-state index >= 15 is 0 Å². The minimum Gasteiger partial charge on any atom is -0.345 e. The van der Waals surface area contributed by atoms with Crippen molar-refractivity contribution in [3.8, 4) is 11.1 Å². The van der Waals surface area contributed by atoms with E-state index in [9.17, 15) is 9.59 Å². The smallest absolute Gasteiger partial charge is 0.251 e. The molecular weight excluding hydrogens is 358 g/mol. The van der Waals surface area contributed by atoms with E-state index in [4.69, 9.17) is 0 Å². The average Bonchev–Trinajstić information content (AvgIpc) is 2.72. The first-order chi connectivity index (χ1) is 13.8. The summed E-state index contributed by atoms with van der Waals surface area (Å²) in [4.78, 5) is 24.5. The second-order valence-electron chi connectivity index (χ2n) is 8.39. The fourth-order valence-corrected chi connectivity index (χ4v) is 3.37. The van der Waals surface area contributed by atoms with Crippen LogP contribution in [-0.2, 0) is 0 Å². The molecule has 0 saturated heterocycles. The van der Waals surface area contributed by atoms with Crippen LogP contribution in [0, 0.1) is 5.41 Å². The SMILES string of the molecule is CC(=O)c1ccc(C(NC(=O)c2ccc(-c3ccccc3)cc2)C(C)(C)C)cc1. The Hall–Kier alpha value is -3.20. The van der Waals surface area contributed by atoms with Gasteiger partial charge in [0.15, 0.2) is 5.78 Å². The summed E-state index contributed by atoms with van der Waals surface area (Å²) in [6.45, 7) is 7.83. The number of carbonyl (C=O) groups is 2. The minimum atomic E-state index is -0.183. The zero-order valence-corrected chi connectivity index (χ0v) is 17.4. The van der Waals surface area contributed by atoms with Crippen LogP contribution in [0.5, 0.6) is 0 Å². The third kappa shape index (κ3) is 5.00. The molecule has 3 rings (SSSR count). The molecule has 1 unspecified atom stereocenters. The molecule has 3 nitrogen and oxygen atoms in total. The van der Waals surface area contributed by atoms with Crippen molar-refractivity contribution in [3.05, 3.63) is 95.6 Å². The van der Waals surface area contributed by atoms with Crippen molar-refractivity contribution in [2.24, 2.45) is 5.41 Å². The van der Waals surface area contributed by atoms with Crippen molar-refractivity contribution in [3.63, 3.8) is 0 Å². The maximum Gasteiger partial charge on any atom is 0.251 e. The Morgan fingerprint density at radius 3 is 1.76 bits per heavy atom. The van der Waals surface area contributed by atoms with E-state index in [2.05, 4.69) is 38.2 Å². The Balaban J connectivity index is 1.81. The van der Waals surface area contributed by atoms with Crippen LogP contribution in [0.3, 0.4) is 0 Å². The van der Waals surface area contributed by atoms with Crippen molar-refractivity contribution in [1.82, 2.24) is 5.32 Å². The molecule has 0 heterocycles. The van der Waals surface area contributed by atoms with Gasteiger partial charge in [0.1, 0.15) is 0 Å². The number of amides is 1. The minimum absolute atomic E-state index is 0.0337. The first kappa shape index (κ1) is 20.5. The highest BCUT2D eigenvalue weighted by Crippen LogP contribution is 2.33. The lowest BCUT2D eigenvalue weighted by Gasteiger charge is -2.32. The summed E-state index contributed by atoms with van der Waals surface area (Å²) < 4.78 is 0. The Bertz CT molecular complexity index is 982. The standard InChI is InChI=1S/C26H27NO2/c1-18(28)19-10-14-22(15-11-19)24(26(2,3)4)27-25(29)23-16-12-21(13-17-23)20-8-6-5-7-9-20/h5-17,24H,1-4H3,(H,27,29). The summed E-state index contributed by atoms with van der Waals surface area (Å²) in [5.74, 6) is -0.0772. The average molecular weight is 386 g/mol. The van der Waals surface area contributed by atoms with Gasteiger partial charge in [-0.05, 0) is 41.2 Å². The van der Waals surface area contributed by atoms with Crippen molar-refractivity contribution < 1.29 is 9.59 Å². The maximum absolute atomic E-state index is 12.9. The molecule has 0 aliphatic heterocycles. The van der Waals surface area contributed by atoms with Crippen LogP contribution >= 0.6 is 0 Å². The molecule has 0 aliphatic carbocycles. The highest BCUT2D eigenvalue weighted by Gasteiger charge is 2.28. The van der Waals surface area contributed by atoms with Crippen molar-refractivity contribution in [2.45, 2.75) is 33.7 Å². The third-order valence-electron chi connectivity index (χ3n) is 5.05. The van der Waals surface area contributed by atoms with Crippen LogP contribution < -0.4 is 5.32 Å². The number of Topliss-reactive ketones (excluding diaryl/α,β-unsaturated/α-hetero) is 1. The molecule has 3 aromatic rings. The quantitative estimate of drug-likeness (QED) is 0.542. The molecule has 1 atom stereocenters. The molecule has 0 fully saturated rings. The van der Waals surface area contributed by atoms with Crippen LogP contribution in [0.4, 0.5) is 0 Å². The zero-order valence-electron chi connectivity index (χ0n) is 17.4. The number of nitrogens with one attached hydrogen (secondary N) is 1. The fraction of sp³-hybridized carbons (Fsp3) is 0.231. The Morgan fingerprint density at radius 1 is 0.724 bits per heavy atom. The van der Waals surface area contributed by atoms with E-state index < -0.39 is 0 Å². The van der Waals surface area contributed by atoms with Crippen molar-refractivity contribution in [1.29, 1.82) is 0 Å². The van der Waals surface area contributed by atoms with Crippen molar-refractivity contribution in [2.75, 3.05) is 0 Å². The van der Waals surface area contributed by atoms with Gasteiger partial charge in [-0.3, -0.25) is 9.59 Å². The summed E-state index contributed by atoms with van der Waals surface area (Å²) in [7, 11) is 0. The van der Waals surface area contributed by atoms with Crippen LogP contribution in [0.25, 0.3) is 11.1 Å². The molecule has 3 aromatic carbocycles. The van der Waals surface area contributed by atoms with Gasteiger partial charge < -0.3 is 5.32 Å². The molecule has 3 heteroatoms. The van der Waals surface area contributed by atoms with Gasteiger partial charge in [-0.2, -0.15) is 0 Å². The second-order valence-corrected chi connectivity index (χ2v) is 8.39.